The summed E-state index contributed by atoms with van der Waals surface area (Å²) in [6, 6.07) is 5.10. The summed E-state index contributed by atoms with van der Waals surface area (Å²) in [6.45, 7) is 0. The van der Waals surface area contributed by atoms with Crippen molar-refractivity contribution in [3.63, 3.8) is 0 Å². The van der Waals surface area contributed by atoms with Crippen LogP contribution in [0.2, 0.25) is 0 Å². The Bertz CT molecular complexity index is 598. The number of nitro benzene ring substituents is 1. The second-order valence-electron chi connectivity index (χ2n) is 5.92. The first-order chi connectivity index (χ1) is 10.6. The number of nitrogens with zero attached hydrogens (tertiary/aromatic N) is 1. The van der Waals surface area contributed by atoms with Gasteiger partial charge < -0.3 is 15.4 Å². The van der Waals surface area contributed by atoms with Gasteiger partial charge in [-0.1, -0.05) is 0 Å². The Morgan fingerprint density at radius 1 is 1.35 bits per heavy atom. The number of nitrogens with one attached hydrogen (secondary N) is 2. The molecule has 1 aromatic carbocycles. The number of halogens is 1. The molecule has 2 N–H and O–H groups in total. The highest BCUT2D eigenvalue weighted by Gasteiger charge is 2.34. The molecule has 23 heavy (non-hydrogen) atoms. The molecule has 8 heteroatoms. The van der Waals surface area contributed by atoms with Gasteiger partial charge in [-0.05, 0) is 31.7 Å². The quantitative estimate of drug-likeness (QED) is 0.645. The van der Waals surface area contributed by atoms with Gasteiger partial charge in [-0.3, -0.25) is 14.9 Å². The van der Waals surface area contributed by atoms with Crippen molar-refractivity contribution in [1.29, 1.82) is 0 Å². The summed E-state index contributed by atoms with van der Waals surface area (Å²) >= 11 is 0. The molecule has 2 aliphatic heterocycles. The lowest BCUT2D eigenvalue weighted by Crippen LogP contribution is -2.48. The Labute approximate surface area is 140 Å². The molecule has 0 radical (unpaired) electrons. The van der Waals surface area contributed by atoms with Crippen LogP contribution in [-0.4, -0.2) is 36.1 Å². The van der Waals surface area contributed by atoms with Crippen LogP contribution in [-0.2, 0) is 0 Å². The van der Waals surface area contributed by atoms with Gasteiger partial charge in [0.15, 0.2) is 0 Å². The zero-order valence-electron chi connectivity index (χ0n) is 12.8. The molecule has 2 unspecified atom stereocenters. The summed E-state index contributed by atoms with van der Waals surface area (Å²) in [5, 5.41) is 17.4. The van der Waals surface area contributed by atoms with E-state index in [0.717, 1.165) is 25.7 Å². The number of fused-ring (bicyclic) bond motifs is 2. The molecular formula is C15H20ClN3O4. The fraction of sp³-hybridized carbons (Fsp3) is 0.533. The summed E-state index contributed by atoms with van der Waals surface area (Å²) in [5.41, 5.74) is 0.0962. The van der Waals surface area contributed by atoms with E-state index in [9.17, 15) is 14.9 Å². The molecule has 7 nitrogen and oxygen atoms in total. The maximum Gasteiger partial charge on any atom is 0.270 e. The monoisotopic (exact) mass is 341 g/mol. The Morgan fingerprint density at radius 3 is 2.57 bits per heavy atom. The molecule has 1 amide bonds. The Hall–Kier alpha value is -1.86. The van der Waals surface area contributed by atoms with Gasteiger partial charge in [0.2, 0.25) is 0 Å². The van der Waals surface area contributed by atoms with Crippen LogP contribution >= 0.6 is 12.4 Å². The normalized spacial score (nSPS) is 25.3. The zero-order valence-corrected chi connectivity index (χ0v) is 13.6. The van der Waals surface area contributed by atoms with Crippen LogP contribution in [0.3, 0.4) is 0 Å². The van der Waals surface area contributed by atoms with Crippen LogP contribution in [0.4, 0.5) is 5.69 Å². The topological polar surface area (TPSA) is 93.5 Å². The van der Waals surface area contributed by atoms with Gasteiger partial charge >= 0.3 is 0 Å². The third kappa shape index (κ3) is 3.73. The number of rotatable bonds is 4. The molecule has 0 aromatic heterocycles. The molecule has 2 heterocycles. The lowest BCUT2D eigenvalue weighted by molar-refractivity contribution is -0.384. The number of amides is 1. The minimum atomic E-state index is -0.513. The highest BCUT2D eigenvalue weighted by atomic mass is 35.5. The Balaban J connectivity index is 0.00000192. The number of non-ortho nitro benzene ring substituents is 1. The highest BCUT2D eigenvalue weighted by Crippen LogP contribution is 2.28. The van der Waals surface area contributed by atoms with Crippen molar-refractivity contribution in [2.24, 2.45) is 0 Å². The summed E-state index contributed by atoms with van der Waals surface area (Å²) in [4.78, 5) is 22.8. The summed E-state index contributed by atoms with van der Waals surface area (Å²) in [6.07, 6.45) is 4.10. The maximum atomic E-state index is 12.5. The molecule has 126 valence electrons. The van der Waals surface area contributed by atoms with E-state index in [1.807, 2.05) is 0 Å². The molecule has 0 aliphatic carbocycles. The molecule has 0 spiro atoms. The van der Waals surface area contributed by atoms with E-state index in [4.69, 9.17) is 4.74 Å². The molecule has 1 aromatic rings. The number of hydrogen-bond donors (Lipinski definition) is 2. The standard InChI is InChI=1S/C15H19N3O4.ClH/c1-22-14-5-4-12(18(20)21)8-13(14)15(19)17-11-6-9-2-3-10(7-11)16-9;/h4-5,8-11,16H,2-3,6-7H2,1H3,(H,17,19);1H. The third-order valence-electron chi connectivity index (χ3n) is 4.45. The van der Waals surface area contributed by atoms with Crippen LogP contribution in [0.25, 0.3) is 0 Å². The maximum absolute atomic E-state index is 12.5. The first kappa shape index (κ1) is 17.5. The first-order valence-electron chi connectivity index (χ1n) is 7.46. The Morgan fingerprint density at radius 2 is 2.00 bits per heavy atom. The van der Waals surface area contributed by atoms with Crippen LogP contribution in [0.1, 0.15) is 36.0 Å². The van der Waals surface area contributed by atoms with Crippen LogP contribution in [0.5, 0.6) is 5.75 Å². The average Bonchev–Trinajstić information content (AvgIpc) is 2.85. The number of methoxy groups -OCH3 is 1. The molecular weight excluding hydrogens is 322 g/mol. The summed E-state index contributed by atoms with van der Waals surface area (Å²) < 4.78 is 5.15. The van der Waals surface area contributed by atoms with Crippen molar-refractivity contribution >= 4 is 24.0 Å². The van der Waals surface area contributed by atoms with Crippen molar-refractivity contribution in [3.8, 4) is 5.75 Å². The molecule has 2 saturated heterocycles. The zero-order chi connectivity index (χ0) is 15.7. The minimum absolute atomic E-state index is 0. The van der Waals surface area contributed by atoms with E-state index in [2.05, 4.69) is 10.6 Å². The predicted octanol–water partition coefficient (Wildman–Crippen LogP) is 2.04. The van der Waals surface area contributed by atoms with Crippen molar-refractivity contribution in [3.05, 3.63) is 33.9 Å². The van der Waals surface area contributed by atoms with Crippen LogP contribution in [0, 0.1) is 10.1 Å². The lowest BCUT2D eigenvalue weighted by atomic mass is 9.99. The largest absolute Gasteiger partial charge is 0.496 e. The van der Waals surface area contributed by atoms with Crippen molar-refractivity contribution in [2.75, 3.05) is 7.11 Å². The van der Waals surface area contributed by atoms with Gasteiger partial charge in [0.05, 0.1) is 17.6 Å². The van der Waals surface area contributed by atoms with Gasteiger partial charge in [0.1, 0.15) is 5.75 Å². The number of carbonyl (C=O) groups is 1. The molecule has 2 fully saturated rings. The summed E-state index contributed by atoms with van der Waals surface area (Å²) in [7, 11) is 1.45. The predicted molar refractivity (Wildman–Crippen MR) is 87.3 cm³/mol. The van der Waals surface area contributed by atoms with Gasteiger partial charge in [-0.15, -0.1) is 12.4 Å². The number of carbonyl (C=O) groups excluding carboxylic acids is 1. The molecule has 2 aliphatic rings. The second kappa shape index (κ2) is 7.14. The Kier molecular flexibility index (Phi) is 5.43. The van der Waals surface area contributed by atoms with Crippen LogP contribution in [0.15, 0.2) is 18.2 Å². The van der Waals surface area contributed by atoms with Crippen molar-refractivity contribution in [2.45, 2.75) is 43.8 Å². The van der Waals surface area contributed by atoms with Gasteiger partial charge in [-0.25, -0.2) is 0 Å². The molecule has 3 rings (SSSR count). The number of nitro groups is 1. The highest BCUT2D eigenvalue weighted by molar-refractivity contribution is 5.97. The van der Waals surface area contributed by atoms with Crippen LogP contribution < -0.4 is 15.4 Å². The van der Waals surface area contributed by atoms with Crippen molar-refractivity contribution in [1.82, 2.24) is 10.6 Å². The molecule has 2 bridgehead atoms. The fourth-order valence-corrected chi connectivity index (χ4v) is 3.43. The van der Waals surface area contributed by atoms with E-state index in [1.165, 1.54) is 25.3 Å². The minimum Gasteiger partial charge on any atom is -0.496 e. The van der Waals surface area contributed by atoms with Crippen molar-refractivity contribution < 1.29 is 14.5 Å². The number of benzene rings is 1. The third-order valence-corrected chi connectivity index (χ3v) is 4.45. The molecule has 0 saturated carbocycles. The van der Waals surface area contributed by atoms with Gasteiger partial charge in [0, 0.05) is 30.3 Å². The van der Waals surface area contributed by atoms with E-state index in [0.29, 0.717) is 17.8 Å². The SMILES string of the molecule is COc1ccc([N+](=O)[O-])cc1C(=O)NC1CC2CCC(C1)N2.Cl. The lowest BCUT2D eigenvalue weighted by Gasteiger charge is -2.29. The summed E-state index contributed by atoms with van der Waals surface area (Å²) in [5.74, 6) is 0.0341. The first-order valence-corrected chi connectivity index (χ1v) is 7.46. The van der Waals surface area contributed by atoms with Gasteiger partial charge in [-0.2, -0.15) is 0 Å². The van der Waals surface area contributed by atoms with E-state index in [1.54, 1.807) is 0 Å². The average molecular weight is 342 g/mol. The fourth-order valence-electron chi connectivity index (χ4n) is 3.43. The molecule has 2 atom stereocenters. The smallest absolute Gasteiger partial charge is 0.270 e. The number of piperidine rings is 1. The second-order valence-corrected chi connectivity index (χ2v) is 5.92. The van der Waals surface area contributed by atoms with Gasteiger partial charge in [0.25, 0.3) is 11.6 Å². The van der Waals surface area contributed by atoms with E-state index in [-0.39, 0.29) is 35.6 Å². The van der Waals surface area contributed by atoms with E-state index >= 15 is 0 Å². The number of hydrogen-bond acceptors (Lipinski definition) is 5. The van der Waals surface area contributed by atoms with E-state index < -0.39 is 4.92 Å². The number of ether oxygens (including phenoxy) is 1.